The van der Waals surface area contributed by atoms with Crippen molar-refractivity contribution in [2.75, 3.05) is 0 Å². The first-order chi connectivity index (χ1) is 9.69. The van der Waals surface area contributed by atoms with Gasteiger partial charge in [-0.1, -0.05) is 17.3 Å². The summed E-state index contributed by atoms with van der Waals surface area (Å²) >= 11 is 0. The Morgan fingerprint density at radius 2 is 2.00 bits per heavy atom. The number of hydrogen-bond acceptors (Lipinski definition) is 5. The number of nitro groups is 1. The van der Waals surface area contributed by atoms with Crippen LogP contribution in [-0.4, -0.2) is 16.3 Å². The second-order valence-electron chi connectivity index (χ2n) is 4.03. The van der Waals surface area contributed by atoms with Gasteiger partial charge in [0.25, 0.3) is 5.69 Å². The summed E-state index contributed by atoms with van der Waals surface area (Å²) in [4.78, 5) is 10.2. The Bertz CT molecular complexity index is 623. The van der Waals surface area contributed by atoms with Gasteiger partial charge in [-0.3, -0.25) is 10.1 Å². The van der Waals surface area contributed by atoms with E-state index < -0.39 is 4.92 Å². The molecule has 0 aliphatic heterocycles. The standard InChI is InChI=1S/C14H12N2O4/c17-15-9-11-4-6-14(7-5-11)20-10-12-2-1-3-13(8-12)16(18)19/h1-9,17H,10H2. The van der Waals surface area contributed by atoms with E-state index in [4.69, 9.17) is 9.94 Å². The van der Waals surface area contributed by atoms with Gasteiger partial charge < -0.3 is 9.94 Å². The summed E-state index contributed by atoms with van der Waals surface area (Å²) in [5, 5.41) is 22.0. The highest BCUT2D eigenvalue weighted by atomic mass is 16.6. The molecule has 0 amide bonds. The summed E-state index contributed by atoms with van der Waals surface area (Å²) in [6.07, 6.45) is 1.31. The molecule has 0 aliphatic rings. The molecule has 1 N–H and O–H groups in total. The van der Waals surface area contributed by atoms with Crippen LogP contribution in [0.4, 0.5) is 5.69 Å². The Balaban J connectivity index is 2.01. The molecule has 0 aliphatic carbocycles. The number of benzene rings is 2. The van der Waals surface area contributed by atoms with Crippen LogP contribution in [0.3, 0.4) is 0 Å². The summed E-state index contributed by atoms with van der Waals surface area (Å²) in [6, 6.07) is 13.2. The van der Waals surface area contributed by atoms with Gasteiger partial charge in [-0.05, 0) is 35.4 Å². The Morgan fingerprint density at radius 3 is 2.65 bits per heavy atom. The van der Waals surface area contributed by atoms with Gasteiger partial charge in [0, 0.05) is 12.1 Å². The molecule has 0 radical (unpaired) electrons. The molecular weight excluding hydrogens is 260 g/mol. The predicted molar refractivity (Wildman–Crippen MR) is 73.3 cm³/mol. The fourth-order valence-electron chi connectivity index (χ4n) is 1.64. The molecule has 6 nitrogen and oxygen atoms in total. The molecule has 0 fully saturated rings. The molecule has 2 aromatic carbocycles. The van der Waals surface area contributed by atoms with Crippen LogP contribution in [0.25, 0.3) is 0 Å². The van der Waals surface area contributed by atoms with Crippen LogP contribution in [0.15, 0.2) is 53.7 Å². The van der Waals surface area contributed by atoms with E-state index in [-0.39, 0.29) is 12.3 Å². The highest BCUT2D eigenvalue weighted by Gasteiger charge is 2.05. The number of nitro benzene ring substituents is 1. The fraction of sp³-hybridized carbons (Fsp3) is 0.0714. The van der Waals surface area contributed by atoms with E-state index in [0.29, 0.717) is 5.75 Å². The van der Waals surface area contributed by atoms with Crippen LogP contribution in [-0.2, 0) is 6.61 Å². The highest BCUT2D eigenvalue weighted by Crippen LogP contribution is 2.16. The van der Waals surface area contributed by atoms with Gasteiger partial charge in [0.05, 0.1) is 11.1 Å². The van der Waals surface area contributed by atoms with Gasteiger partial charge in [0.2, 0.25) is 0 Å². The fourth-order valence-corrected chi connectivity index (χ4v) is 1.64. The zero-order valence-corrected chi connectivity index (χ0v) is 10.5. The van der Waals surface area contributed by atoms with E-state index in [2.05, 4.69) is 5.16 Å². The Labute approximate surface area is 115 Å². The third-order valence-corrected chi connectivity index (χ3v) is 2.61. The van der Waals surface area contributed by atoms with Crippen molar-refractivity contribution in [1.82, 2.24) is 0 Å². The molecule has 6 heteroatoms. The van der Waals surface area contributed by atoms with Crippen molar-refractivity contribution in [1.29, 1.82) is 0 Å². The molecule has 0 heterocycles. The Hall–Kier alpha value is -2.89. The minimum absolute atomic E-state index is 0.0422. The average Bonchev–Trinajstić information content (AvgIpc) is 2.47. The molecule has 2 rings (SSSR count). The second-order valence-corrected chi connectivity index (χ2v) is 4.03. The van der Waals surface area contributed by atoms with Crippen LogP contribution in [0, 0.1) is 10.1 Å². The first-order valence-corrected chi connectivity index (χ1v) is 5.82. The van der Waals surface area contributed by atoms with E-state index in [1.165, 1.54) is 18.3 Å². The first kappa shape index (κ1) is 13.5. The maximum atomic E-state index is 10.7. The normalized spacial score (nSPS) is 10.6. The van der Waals surface area contributed by atoms with Crippen molar-refractivity contribution in [3.05, 3.63) is 69.8 Å². The second kappa shape index (κ2) is 6.33. The number of hydrogen-bond donors (Lipinski definition) is 1. The largest absolute Gasteiger partial charge is 0.489 e. The Morgan fingerprint density at radius 1 is 1.25 bits per heavy atom. The maximum absolute atomic E-state index is 10.7. The molecular formula is C14H12N2O4. The minimum atomic E-state index is -0.438. The van der Waals surface area contributed by atoms with Crippen LogP contribution in [0.1, 0.15) is 11.1 Å². The van der Waals surface area contributed by atoms with E-state index in [9.17, 15) is 10.1 Å². The molecule has 0 unspecified atom stereocenters. The van der Waals surface area contributed by atoms with Crippen LogP contribution >= 0.6 is 0 Å². The number of non-ortho nitro benzene ring substituents is 1. The minimum Gasteiger partial charge on any atom is -0.489 e. The lowest BCUT2D eigenvalue weighted by Crippen LogP contribution is -1.97. The van der Waals surface area contributed by atoms with Crippen LogP contribution < -0.4 is 4.74 Å². The third-order valence-electron chi connectivity index (χ3n) is 2.61. The van der Waals surface area contributed by atoms with E-state index >= 15 is 0 Å². The third kappa shape index (κ3) is 3.55. The van der Waals surface area contributed by atoms with Crippen molar-refractivity contribution in [3.8, 4) is 5.75 Å². The quantitative estimate of drug-likeness (QED) is 0.392. The summed E-state index contributed by atoms with van der Waals surface area (Å²) < 4.78 is 5.53. The SMILES string of the molecule is O=[N+]([O-])c1cccc(COc2ccc(C=NO)cc2)c1. The molecule has 0 bridgehead atoms. The lowest BCUT2D eigenvalue weighted by molar-refractivity contribution is -0.384. The molecule has 102 valence electrons. The lowest BCUT2D eigenvalue weighted by Gasteiger charge is -2.06. The van der Waals surface area contributed by atoms with Gasteiger partial charge >= 0.3 is 0 Å². The zero-order chi connectivity index (χ0) is 14.4. The monoisotopic (exact) mass is 272 g/mol. The van der Waals surface area contributed by atoms with Crippen molar-refractivity contribution in [2.24, 2.45) is 5.16 Å². The first-order valence-electron chi connectivity index (χ1n) is 5.82. The summed E-state index contributed by atoms with van der Waals surface area (Å²) in [5.41, 5.74) is 1.51. The predicted octanol–water partition coefficient (Wildman–Crippen LogP) is 2.98. The van der Waals surface area contributed by atoms with Gasteiger partial charge in [0.15, 0.2) is 0 Å². The Kier molecular flexibility index (Phi) is 4.28. The van der Waals surface area contributed by atoms with Crippen LogP contribution in [0.2, 0.25) is 0 Å². The number of rotatable bonds is 5. The van der Waals surface area contributed by atoms with Gasteiger partial charge in [-0.2, -0.15) is 0 Å². The summed E-state index contributed by atoms with van der Waals surface area (Å²) in [7, 11) is 0. The zero-order valence-electron chi connectivity index (χ0n) is 10.5. The smallest absolute Gasteiger partial charge is 0.269 e. The van der Waals surface area contributed by atoms with Crippen molar-refractivity contribution in [3.63, 3.8) is 0 Å². The van der Waals surface area contributed by atoms with Gasteiger partial charge in [-0.25, -0.2) is 0 Å². The van der Waals surface area contributed by atoms with Gasteiger partial charge in [-0.15, -0.1) is 0 Å². The van der Waals surface area contributed by atoms with Crippen molar-refractivity contribution < 1.29 is 14.9 Å². The van der Waals surface area contributed by atoms with Crippen molar-refractivity contribution in [2.45, 2.75) is 6.61 Å². The molecule has 0 saturated carbocycles. The van der Waals surface area contributed by atoms with Crippen molar-refractivity contribution >= 4 is 11.9 Å². The van der Waals surface area contributed by atoms with E-state index in [0.717, 1.165) is 11.1 Å². The molecule has 2 aromatic rings. The molecule has 0 saturated heterocycles. The summed E-state index contributed by atoms with van der Waals surface area (Å²) in [6.45, 7) is 0.245. The molecule has 0 aromatic heterocycles. The van der Waals surface area contributed by atoms with Gasteiger partial charge in [0.1, 0.15) is 12.4 Å². The number of nitrogens with zero attached hydrogens (tertiary/aromatic N) is 2. The molecule has 20 heavy (non-hydrogen) atoms. The maximum Gasteiger partial charge on any atom is 0.269 e. The molecule has 0 atom stereocenters. The number of oxime groups is 1. The lowest BCUT2D eigenvalue weighted by atomic mass is 10.2. The van der Waals surface area contributed by atoms with E-state index in [1.807, 2.05) is 0 Å². The average molecular weight is 272 g/mol. The molecule has 0 spiro atoms. The topological polar surface area (TPSA) is 85.0 Å². The summed E-state index contributed by atoms with van der Waals surface area (Å²) in [5.74, 6) is 0.631. The van der Waals surface area contributed by atoms with Crippen LogP contribution in [0.5, 0.6) is 5.75 Å². The number of ether oxygens (including phenoxy) is 1. The highest BCUT2D eigenvalue weighted by molar-refractivity contribution is 5.79. The van der Waals surface area contributed by atoms with E-state index in [1.54, 1.807) is 36.4 Å².